The molecule has 0 aromatic carbocycles. The Kier molecular flexibility index (Phi) is 5.14. The molecule has 2 N–H and O–H groups in total. The summed E-state index contributed by atoms with van der Waals surface area (Å²) in [6, 6.07) is 0. The Hall–Kier alpha value is 0.270. The van der Waals surface area contributed by atoms with Crippen LogP contribution in [0.1, 0.15) is 20.3 Å². The van der Waals surface area contributed by atoms with Crippen molar-refractivity contribution in [1.29, 1.82) is 0 Å². The van der Waals surface area contributed by atoms with Crippen LogP contribution in [0, 0.1) is 5.92 Å². The molecule has 1 saturated heterocycles. The largest absolute Gasteiger partial charge is 0.330 e. The Labute approximate surface area is 86.2 Å². The minimum atomic E-state index is 0.764. The standard InChI is InChI=1S/C10H22N2S/c1-9(3-4-11)7-12-5-6-13-10(2)8-12/h9-10H,3-8,11H2,1-2H3. The lowest BCUT2D eigenvalue weighted by molar-refractivity contribution is 0.243. The van der Waals surface area contributed by atoms with Gasteiger partial charge >= 0.3 is 0 Å². The van der Waals surface area contributed by atoms with Gasteiger partial charge in [-0.15, -0.1) is 0 Å². The van der Waals surface area contributed by atoms with Gasteiger partial charge in [0.2, 0.25) is 0 Å². The summed E-state index contributed by atoms with van der Waals surface area (Å²) in [6.07, 6.45) is 1.16. The fraction of sp³-hybridized carbons (Fsp3) is 1.00. The van der Waals surface area contributed by atoms with E-state index < -0.39 is 0 Å². The van der Waals surface area contributed by atoms with E-state index in [1.165, 1.54) is 25.4 Å². The van der Waals surface area contributed by atoms with Gasteiger partial charge in [0.15, 0.2) is 0 Å². The molecule has 1 heterocycles. The van der Waals surface area contributed by atoms with Crippen LogP contribution in [0.4, 0.5) is 0 Å². The van der Waals surface area contributed by atoms with Crippen molar-refractivity contribution < 1.29 is 0 Å². The normalized spacial score (nSPS) is 27.5. The summed E-state index contributed by atoms with van der Waals surface area (Å²) < 4.78 is 0. The van der Waals surface area contributed by atoms with Crippen LogP contribution >= 0.6 is 11.8 Å². The van der Waals surface area contributed by atoms with Crippen molar-refractivity contribution in [3.05, 3.63) is 0 Å². The molecule has 0 saturated carbocycles. The van der Waals surface area contributed by atoms with Gasteiger partial charge < -0.3 is 10.6 Å². The molecular formula is C10H22N2S. The summed E-state index contributed by atoms with van der Waals surface area (Å²) in [5.74, 6) is 2.07. The van der Waals surface area contributed by atoms with Crippen molar-refractivity contribution in [2.24, 2.45) is 11.7 Å². The van der Waals surface area contributed by atoms with E-state index in [4.69, 9.17) is 5.73 Å². The van der Waals surface area contributed by atoms with Crippen LogP contribution in [0.15, 0.2) is 0 Å². The maximum absolute atomic E-state index is 5.54. The third-order valence-electron chi connectivity index (χ3n) is 2.55. The van der Waals surface area contributed by atoms with Gasteiger partial charge in [-0.2, -0.15) is 11.8 Å². The topological polar surface area (TPSA) is 29.3 Å². The number of thioether (sulfide) groups is 1. The molecule has 0 radical (unpaired) electrons. The Bertz CT molecular complexity index is 141. The van der Waals surface area contributed by atoms with Crippen LogP contribution in [-0.4, -0.2) is 42.1 Å². The van der Waals surface area contributed by atoms with Gasteiger partial charge in [0.25, 0.3) is 0 Å². The Morgan fingerprint density at radius 2 is 2.38 bits per heavy atom. The molecule has 1 aliphatic rings. The zero-order valence-electron chi connectivity index (χ0n) is 8.83. The maximum Gasteiger partial charge on any atom is 0.0147 e. The van der Waals surface area contributed by atoms with Gasteiger partial charge in [0.1, 0.15) is 0 Å². The van der Waals surface area contributed by atoms with Gasteiger partial charge in [-0.25, -0.2) is 0 Å². The molecule has 0 aromatic rings. The van der Waals surface area contributed by atoms with Crippen LogP contribution in [0.5, 0.6) is 0 Å². The second-order valence-corrected chi connectivity index (χ2v) is 5.67. The molecule has 1 rings (SSSR count). The van der Waals surface area contributed by atoms with Crippen molar-refractivity contribution >= 4 is 11.8 Å². The van der Waals surface area contributed by atoms with Crippen molar-refractivity contribution in [1.82, 2.24) is 4.90 Å². The van der Waals surface area contributed by atoms with Crippen LogP contribution in [-0.2, 0) is 0 Å². The second-order valence-electron chi connectivity index (χ2n) is 4.12. The minimum absolute atomic E-state index is 0.764. The monoisotopic (exact) mass is 202 g/mol. The quantitative estimate of drug-likeness (QED) is 0.747. The van der Waals surface area contributed by atoms with Gasteiger partial charge in [0, 0.05) is 30.6 Å². The van der Waals surface area contributed by atoms with E-state index in [9.17, 15) is 0 Å². The van der Waals surface area contributed by atoms with E-state index in [1.54, 1.807) is 0 Å². The molecule has 0 bridgehead atoms. The molecule has 2 atom stereocenters. The molecule has 0 aliphatic carbocycles. The summed E-state index contributed by atoms with van der Waals surface area (Å²) in [5.41, 5.74) is 5.54. The number of rotatable bonds is 4. The average Bonchev–Trinajstić information content (AvgIpc) is 2.04. The zero-order valence-corrected chi connectivity index (χ0v) is 9.65. The smallest absolute Gasteiger partial charge is 0.0147 e. The summed E-state index contributed by atoms with van der Waals surface area (Å²) in [5, 5.41) is 0.818. The molecule has 2 nitrogen and oxygen atoms in total. The highest BCUT2D eigenvalue weighted by Gasteiger charge is 2.17. The second kappa shape index (κ2) is 5.89. The first kappa shape index (κ1) is 11.3. The molecule has 0 amide bonds. The molecule has 13 heavy (non-hydrogen) atoms. The van der Waals surface area contributed by atoms with E-state index >= 15 is 0 Å². The first-order chi connectivity index (χ1) is 6.22. The number of nitrogens with two attached hydrogens (primary N) is 1. The predicted molar refractivity (Wildman–Crippen MR) is 61.2 cm³/mol. The fourth-order valence-electron chi connectivity index (χ4n) is 1.87. The van der Waals surface area contributed by atoms with Gasteiger partial charge in [-0.3, -0.25) is 0 Å². The number of nitrogens with zero attached hydrogens (tertiary/aromatic N) is 1. The third-order valence-corrected chi connectivity index (χ3v) is 3.69. The third kappa shape index (κ3) is 4.34. The van der Waals surface area contributed by atoms with Crippen LogP contribution in [0.25, 0.3) is 0 Å². The lowest BCUT2D eigenvalue weighted by Crippen LogP contribution is -2.39. The number of hydrogen-bond donors (Lipinski definition) is 1. The highest BCUT2D eigenvalue weighted by Crippen LogP contribution is 2.18. The minimum Gasteiger partial charge on any atom is -0.330 e. The van der Waals surface area contributed by atoms with E-state index in [0.29, 0.717) is 0 Å². The zero-order chi connectivity index (χ0) is 9.68. The van der Waals surface area contributed by atoms with Gasteiger partial charge in [0.05, 0.1) is 0 Å². The summed E-state index contributed by atoms with van der Waals surface area (Å²) >= 11 is 2.10. The van der Waals surface area contributed by atoms with Crippen LogP contribution in [0.2, 0.25) is 0 Å². The van der Waals surface area contributed by atoms with E-state index in [-0.39, 0.29) is 0 Å². The molecule has 0 aromatic heterocycles. The van der Waals surface area contributed by atoms with Gasteiger partial charge in [-0.05, 0) is 18.9 Å². The van der Waals surface area contributed by atoms with Crippen LogP contribution < -0.4 is 5.73 Å². The van der Waals surface area contributed by atoms with Gasteiger partial charge in [-0.1, -0.05) is 13.8 Å². The maximum atomic E-state index is 5.54. The molecular weight excluding hydrogens is 180 g/mol. The lowest BCUT2D eigenvalue weighted by atomic mass is 10.1. The van der Waals surface area contributed by atoms with Crippen molar-refractivity contribution in [2.75, 3.05) is 31.9 Å². The molecule has 3 heteroatoms. The highest BCUT2D eigenvalue weighted by atomic mass is 32.2. The first-order valence-corrected chi connectivity index (χ1v) is 6.31. The van der Waals surface area contributed by atoms with Crippen molar-refractivity contribution in [3.8, 4) is 0 Å². The van der Waals surface area contributed by atoms with E-state index in [0.717, 1.165) is 24.1 Å². The Morgan fingerprint density at radius 3 is 3.00 bits per heavy atom. The average molecular weight is 202 g/mol. The van der Waals surface area contributed by atoms with Crippen molar-refractivity contribution in [2.45, 2.75) is 25.5 Å². The highest BCUT2D eigenvalue weighted by molar-refractivity contribution is 7.99. The first-order valence-electron chi connectivity index (χ1n) is 5.26. The summed E-state index contributed by atoms with van der Waals surface area (Å²) in [6.45, 7) is 9.23. The van der Waals surface area contributed by atoms with E-state index in [1.807, 2.05) is 0 Å². The molecule has 2 unspecified atom stereocenters. The molecule has 1 aliphatic heterocycles. The summed E-state index contributed by atoms with van der Waals surface area (Å²) in [4.78, 5) is 2.58. The van der Waals surface area contributed by atoms with Crippen LogP contribution in [0.3, 0.4) is 0 Å². The van der Waals surface area contributed by atoms with Crippen molar-refractivity contribution in [3.63, 3.8) is 0 Å². The molecule has 78 valence electrons. The Morgan fingerprint density at radius 1 is 1.62 bits per heavy atom. The molecule has 0 spiro atoms. The predicted octanol–water partition coefficient (Wildman–Crippen LogP) is 1.41. The Balaban J connectivity index is 2.19. The molecule has 1 fully saturated rings. The lowest BCUT2D eigenvalue weighted by Gasteiger charge is -2.32. The van der Waals surface area contributed by atoms with E-state index in [2.05, 4.69) is 30.5 Å². The fourth-order valence-corrected chi connectivity index (χ4v) is 2.96. The summed E-state index contributed by atoms with van der Waals surface area (Å²) in [7, 11) is 0. The number of hydrogen-bond acceptors (Lipinski definition) is 3. The SMILES string of the molecule is CC(CCN)CN1CCSC(C)C1.